The second-order valence-corrected chi connectivity index (χ2v) is 9.72. The molecule has 9 heteroatoms. The fraction of sp³-hybridized carbons (Fsp3) is 0.435. The first-order valence-electron chi connectivity index (χ1n) is 10.9. The van der Waals surface area contributed by atoms with E-state index < -0.39 is 26.6 Å². The van der Waals surface area contributed by atoms with E-state index in [1.54, 1.807) is 0 Å². The monoisotopic (exact) mass is 465 g/mol. The van der Waals surface area contributed by atoms with Gasteiger partial charge in [-0.3, -0.25) is 4.79 Å². The summed E-state index contributed by atoms with van der Waals surface area (Å²) >= 11 is 0. The van der Waals surface area contributed by atoms with Gasteiger partial charge in [0.15, 0.2) is 0 Å². The molecule has 2 aromatic carbocycles. The zero-order valence-corrected chi connectivity index (χ0v) is 19.0. The van der Waals surface area contributed by atoms with E-state index >= 15 is 0 Å². The van der Waals surface area contributed by atoms with Gasteiger partial charge in [0.25, 0.3) is 0 Å². The molecule has 1 fully saturated rings. The minimum Gasteiger partial charge on any atom is -0.372 e. The number of nitrogens with zero attached hydrogens (tertiary/aromatic N) is 2. The van der Waals surface area contributed by atoms with Gasteiger partial charge < -0.3 is 10.2 Å². The highest BCUT2D eigenvalue weighted by Crippen LogP contribution is 2.26. The molecule has 1 N–H and O–H groups in total. The van der Waals surface area contributed by atoms with Crippen LogP contribution in [0.4, 0.5) is 14.5 Å². The topological polar surface area (TPSA) is 69.7 Å². The molecule has 0 aromatic heterocycles. The SMILES string of the molecule is CCN(CCCNC(=O)C1CCN(S(=O)(=O)c2cc(F)ccc2F)CC1)c1ccccc1. The number of halogens is 2. The van der Waals surface area contributed by atoms with Crippen molar-refractivity contribution in [3.63, 3.8) is 0 Å². The second kappa shape index (κ2) is 10.9. The van der Waals surface area contributed by atoms with Crippen LogP contribution in [0.2, 0.25) is 0 Å². The first kappa shape index (κ1) is 24.1. The largest absolute Gasteiger partial charge is 0.372 e. The molecule has 32 heavy (non-hydrogen) atoms. The highest BCUT2D eigenvalue weighted by Gasteiger charge is 2.33. The van der Waals surface area contributed by atoms with Crippen molar-refractivity contribution in [2.45, 2.75) is 31.1 Å². The number of carbonyl (C=O) groups excluding carboxylic acids is 1. The lowest BCUT2D eigenvalue weighted by molar-refractivity contribution is -0.126. The number of benzene rings is 2. The number of hydrogen-bond donors (Lipinski definition) is 1. The molecule has 1 aliphatic heterocycles. The zero-order chi connectivity index (χ0) is 23.1. The maximum absolute atomic E-state index is 13.9. The molecule has 0 atom stereocenters. The summed E-state index contributed by atoms with van der Waals surface area (Å²) in [6.07, 6.45) is 1.47. The predicted octanol–water partition coefficient (Wildman–Crippen LogP) is 3.40. The number of nitrogens with one attached hydrogen (secondary N) is 1. The molecular weight excluding hydrogens is 436 g/mol. The predicted molar refractivity (Wildman–Crippen MR) is 120 cm³/mol. The Labute approximate surface area is 188 Å². The van der Waals surface area contributed by atoms with Crippen molar-refractivity contribution in [3.05, 3.63) is 60.2 Å². The molecule has 174 valence electrons. The van der Waals surface area contributed by atoms with Gasteiger partial charge in [0.05, 0.1) is 0 Å². The van der Waals surface area contributed by atoms with E-state index in [0.29, 0.717) is 25.5 Å². The van der Waals surface area contributed by atoms with Gasteiger partial charge in [0, 0.05) is 44.3 Å². The van der Waals surface area contributed by atoms with E-state index in [-0.39, 0.29) is 24.9 Å². The lowest BCUT2D eigenvalue weighted by Crippen LogP contribution is -2.43. The molecule has 3 rings (SSSR count). The molecular formula is C23H29F2N3O3S. The summed E-state index contributed by atoms with van der Waals surface area (Å²) in [5, 5.41) is 2.94. The normalized spacial score (nSPS) is 15.5. The molecule has 0 saturated carbocycles. The fourth-order valence-electron chi connectivity index (χ4n) is 3.91. The first-order chi connectivity index (χ1) is 15.3. The Bertz CT molecular complexity index is 1010. The van der Waals surface area contributed by atoms with Crippen LogP contribution >= 0.6 is 0 Å². The van der Waals surface area contributed by atoms with Gasteiger partial charge in [-0.15, -0.1) is 0 Å². The average molecular weight is 466 g/mol. The van der Waals surface area contributed by atoms with Crippen molar-refractivity contribution in [1.29, 1.82) is 0 Å². The van der Waals surface area contributed by atoms with Crippen LogP contribution in [0.15, 0.2) is 53.4 Å². The third-order valence-electron chi connectivity index (χ3n) is 5.74. The van der Waals surface area contributed by atoms with Gasteiger partial charge in [0.2, 0.25) is 15.9 Å². The van der Waals surface area contributed by atoms with E-state index in [4.69, 9.17) is 0 Å². The van der Waals surface area contributed by atoms with Gasteiger partial charge in [-0.1, -0.05) is 18.2 Å². The van der Waals surface area contributed by atoms with Gasteiger partial charge in [-0.25, -0.2) is 17.2 Å². The summed E-state index contributed by atoms with van der Waals surface area (Å²) in [6, 6.07) is 12.5. The van der Waals surface area contributed by atoms with Crippen molar-refractivity contribution >= 4 is 21.6 Å². The zero-order valence-electron chi connectivity index (χ0n) is 18.1. The maximum atomic E-state index is 13.9. The van der Waals surface area contributed by atoms with E-state index in [1.165, 1.54) is 0 Å². The van der Waals surface area contributed by atoms with E-state index in [2.05, 4.69) is 29.3 Å². The summed E-state index contributed by atoms with van der Waals surface area (Å²) in [6.45, 7) is 4.49. The maximum Gasteiger partial charge on any atom is 0.246 e. The molecule has 0 spiro atoms. The van der Waals surface area contributed by atoms with Crippen LogP contribution in [0.3, 0.4) is 0 Å². The van der Waals surface area contributed by atoms with Crippen molar-refractivity contribution in [3.8, 4) is 0 Å². The molecule has 6 nitrogen and oxygen atoms in total. The van der Waals surface area contributed by atoms with Crippen LogP contribution in [0.1, 0.15) is 26.2 Å². The van der Waals surface area contributed by atoms with E-state index in [1.807, 2.05) is 18.2 Å². The van der Waals surface area contributed by atoms with Gasteiger partial charge in [-0.05, 0) is 56.5 Å². The van der Waals surface area contributed by atoms with Gasteiger partial charge in [0.1, 0.15) is 16.5 Å². The highest BCUT2D eigenvalue weighted by molar-refractivity contribution is 7.89. The molecule has 1 saturated heterocycles. The summed E-state index contributed by atoms with van der Waals surface area (Å²) < 4.78 is 53.8. The standard InChI is InChI=1S/C23H29F2N3O3S/c1-2-27(20-7-4-3-5-8-20)14-6-13-26-23(29)18-11-15-28(16-12-18)32(30,31)22-17-19(24)9-10-21(22)25/h3-5,7-10,17-18H,2,6,11-16H2,1H3,(H,26,29). The minimum atomic E-state index is -4.14. The van der Waals surface area contributed by atoms with Crippen LogP contribution in [0.5, 0.6) is 0 Å². The molecule has 1 amide bonds. The van der Waals surface area contributed by atoms with Crippen LogP contribution in [-0.4, -0.2) is 51.4 Å². The van der Waals surface area contributed by atoms with Crippen molar-refractivity contribution in [2.75, 3.05) is 37.6 Å². The number of sulfonamides is 1. The smallest absolute Gasteiger partial charge is 0.246 e. The fourth-order valence-corrected chi connectivity index (χ4v) is 5.45. The lowest BCUT2D eigenvalue weighted by Gasteiger charge is -2.30. The number of anilines is 1. The van der Waals surface area contributed by atoms with Crippen molar-refractivity contribution in [2.24, 2.45) is 5.92 Å². The second-order valence-electron chi connectivity index (χ2n) is 7.81. The first-order valence-corrected chi connectivity index (χ1v) is 12.3. The summed E-state index contributed by atoms with van der Waals surface area (Å²) in [4.78, 5) is 14.1. The number of hydrogen-bond acceptors (Lipinski definition) is 4. The number of para-hydroxylation sites is 1. The van der Waals surface area contributed by atoms with Gasteiger partial charge >= 0.3 is 0 Å². The number of piperidine rings is 1. The van der Waals surface area contributed by atoms with Crippen LogP contribution < -0.4 is 10.2 Å². The molecule has 0 aliphatic carbocycles. The van der Waals surface area contributed by atoms with Crippen LogP contribution in [-0.2, 0) is 14.8 Å². The molecule has 1 heterocycles. The number of carbonyl (C=O) groups is 1. The Balaban J connectivity index is 1.46. The Morgan fingerprint density at radius 3 is 2.47 bits per heavy atom. The molecule has 0 bridgehead atoms. The number of rotatable bonds is 9. The minimum absolute atomic E-state index is 0.0913. The van der Waals surface area contributed by atoms with E-state index in [0.717, 1.165) is 41.6 Å². The summed E-state index contributed by atoms with van der Waals surface area (Å²) in [7, 11) is -4.14. The van der Waals surface area contributed by atoms with Crippen LogP contribution in [0, 0.1) is 17.6 Å². The molecule has 0 unspecified atom stereocenters. The quantitative estimate of drug-likeness (QED) is 0.577. The third kappa shape index (κ3) is 5.83. The lowest BCUT2D eigenvalue weighted by atomic mass is 9.97. The molecule has 2 aromatic rings. The Morgan fingerprint density at radius 1 is 1.12 bits per heavy atom. The molecule has 0 radical (unpaired) electrons. The average Bonchev–Trinajstić information content (AvgIpc) is 2.81. The number of amides is 1. The van der Waals surface area contributed by atoms with Crippen LogP contribution in [0.25, 0.3) is 0 Å². The summed E-state index contributed by atoms with van der Waals surface area (Å²) in [5.41, 5.74) is 1.14. The Morgan fingerprint density at radius 2 is 1.81 bits per heavy atom. The van der Waals surface area contributed by atoms with Gasteiger partial charge in [-0.2, -0.15) is 4.31 Å². The Hall–Kier alpha value is -2.52. The summed E-state index contributed by atoms with van der Waals surface area (Å²) in [5.74, 6) is -2.19. The highest BCUT2D eigenvalue weighted by atomic mass is 32.2. The molecule has 1 aliphatic rings. The van der Waals surface area contributed by atoms with Crippen molar-refractivity contribution < 1.29 is 22.0 Å². The van der Waals surface area contributed by atoms with Crippen molar-refractivity contribution in [1.82, 2.24) is 9.62 Å². The third-order valence-corrected chi connectivity index (χ3v) is 7.66. The Kier molecular flexibility index (Phi) is 8.20. The van der Waals surface area contributed by atoms with E-state index in [9.17, 15) is 22.0 Å².